The van der Waals surface area contributed by atoms with Gasteiger partial charge in [0.25, 0.3) is 0 Å². The van der Waals surface area contributed by atoms with Crippen molar-refractivity contribution in [3.63, 3.8) is 0 Å². The van der Waals surface area contributed by atoms with E-state index in [1.165, 1.54) is 11.3 Å². The molecule has 1 fully saturated rings. The lowest BCUT2D eigenvalue weighted by molar-refractivity contribution is 0.261. The van der Waals surface area contributed by atoms with Crippen molar-refractivity contribution in [2.24, 2.45) is 0 Å². The Kier molecular flexibility index (Phi) is 4.41. The fourth-order valence-electron chi connectivity index (χ4n) is 2.83. The summed E-state index contributed by atoms with van der Waals surface area (Å²) < 4.78 is 0. The monoisotopic (exact) mass is 282 g/mol. The van der Waals surface area contributed by atoms with Crippen LogP contribution in [0.1, 0.15) is 5.56 Å². The average Bonchev–Trinajstić information content (AvgIpc) is 2.55. The van der Waals surface area contributed by atoms with Gasteiger partial charge >= 0.3 is 0 Å². The zero-order valence-electron chi connectivity index (χ0n) is 12.3. The van der Waals surface area contributed by atoms with Crippen molar-refractivity contribution < 1.29 is 5.11 Å². The Morgan fingerprint density at radius 2 is 1.48 bits per heavy atom. The molecule has 0 aliphatic carbocycles. The highest BCUT2D eigenvalue weighted by Crippen LogP contribution is 2.19. The summed E-state index contributed by atoms with van der Waals surface area (Å²) in [7, 11) is 0. The van der Waals surface area contributed by atoms with Gasteiger partial charge in [-0.15, -0.1) is 0 Å². The Labute approximate surface area is 126 Å². The molecule has 1 aliphatic rings. The van der Waals surface area contributed by atoms with Crippen molar-refractivity contribution >= 4 is 5.69 Å². The third-order valence-electron chi connectivity index (χ3n) is 4.15. The van der Waals surface area contributed by atoms with E-state index in [-0.39, 0.29) is 0 Å². The van der Waals surface area contributed by atoms with Crippen LogP contribution in [0, 0.1) is 0 Å². The first-order chi connectivity index (χ1) is 10.3. The first-order valence-electron chi connectivity index (χ1n) is 7.61. The lowest BCUT2D eigenvalue weighted by atomic mass is 10.1. The second kappa shape index (κ2) is 6.64. The van der Waals surface area contributed by atoms with Gasteiger partial charge < -0.3 is 10.0 Å². The van der Waals surface area contributed by atoms with E-state index in [0.29, 0.717) is 5.75 Å². The molecule has 2 aromatic rings. The summed E-state index contributed by atoms with van der Waals surface area (Å²) in [6.45, 7) is 5.45. The number of phenolic OH excluding ortho intramolecular Hbond substituents is 1. The minimum atomic E-state index is 0.334. The number of hydrogen-bond donors (Lipinski definition) is 1. The maximum Gasteiger partial charge on any atom is 0.115 e. The molecule has 1 saturated heterocycles. The van der Waals surface area contributed by atoms with Crippen molar-refractivity contribution in [3.05, 3.63) is 60.2 Å². The first-order valence-corrected chi connectivity index (χ1v) is 7.61. The molecule has 0 amide bonds. The van der Waals surface area contributed by atoms with Crippen molar-refractivity contribution in [1.82, 2.24) is 4.90 Å². The molecule has 2 aromatic carbocycles. The van der Waals surface area contributed by atoms with Crippen LogP contribution in [0.5, 0.6) is 5.75 Å². The molecule has 0 saturated carbocycles. The third-order valence-corrected chi connectivity index (χ3v) is 4.15. The van der Waals surface area contributed by atoms with E-state index in [1.807, 2.05) is 12.1 Å². The summed E-state index contributed by atoms with van der Waals surface area (Å²) in [6, 6.07) is 18.2. The molecular weight excluding hydrogens is 260 g/mol. The molecule has 0 unspecified atom stereocenters. The van der Waals surface area contributed by atoms with Gasteiger partial charge in [-0.3, -0.25) is 4.90 Å². The minimum Gasteiger partial charge on any atom is -0.508 e. The molecular formula is C18H22N2O. The van der Waals surface area contributed by atoms with Crippen LogP contribution in [0.3, 0.4) is 0 Å². The Hall–Kier alpha value is -2.00. The fraction of sp³-hybridized carbons (Fsp3) is 0.333. The Bertz CT molecular complexity index is 545. The normalized spacial score (nSPS) is 16.1. The molecule has 110 valence electrons. The standard InChI is InChI=1S/C18H22N2O/c21-18-8-6-17(7-9-18)20-14-12-19(13-15-20)11-10-16-4-2-1-3-5-16/h1-9,21H,10-15H2. The van der Waals surface area contributed by atoms with E-state index in [2.05, 4.69) is 40.1 Å². The van der Waals surface area contributed by atoms with Crippen LogP contribution in [-0.4, -0.2) is 42.7 Å². The number of piperazine rings is 1. The van der Waals surface area contributed by atoms with Gasteiger partial charge in [0.15, 0.2) is 0 Å². The maximum absolute atomic E-state index is 9.35. The van der Waals surface area contributed by atoms with Crippen molar-refractivity contribution in [2.45, 2.75) is 6.42 Å². The van der Waals surface area contributed by atoms with Gasteiger partial charge in [0.05, 0.1) is 0 Å². The lowest BCUT2D eigenvalue weighted by Gasteiger charge is -2.36. The maximum atomic E-state index is 9.35. The summed E-state index contributed by atoms with van der Waals surface area (Å²) >= 11 is 0. The molecule has 1 N–H and O–H groups in total. The predicted molar refractivity (Wildman–Crippen MR) is 86.9 cm³/mol. The average molecular weight is 282 g/mol. The quantitative estimate of drug-likeness (QED) is 0.934. The lowest BCUT2D eigenvalue weighted by Crippen LogP contribution is -2.46. The van der Waals surface area contributed by atoms with Crippen LogP contribution >= 0.6 is 0 Å². The number of nitrogens with zero attached hydrogens (tertiary/aromatic N) is 2. The van der Waals surface area contributed by atoms with E-state index >= 15 is 0 Å². The topological polar surface area (TPSA) is 26.7 Å². The molecule has 1 heterocycles. The second-order valence-electron chi connectivity index (χ2n) is 5.58. The van der Waals surface area contributed by atoms with E-state index in [1.54, 1.807) is 12.1 Å². The smallest absolute Gasteiger partial charge is 0.115 e. The van der Waals surface area contributed by atoms with Gasteiger partial charge in [-0.2, -0.15) is 0 Å². The number of aromatic hydroxyl groups is 1. The van der Waals surface area contributed by atoms with Crippen LogP contribution in [-0.2, 0) is 6.42 Å². The van der Waals surface area contributed by atoms with Crippen LogP contribution < -0.4 is 4.90 Å². The SMILES string of the molecule is Oc1ccc(N2CCN(CCc3ccccc3)CC2)cc1. The van der Waals surface area contributed by atoms with E-state index < -0.39 is 0 Å². The van der Waals surface area contributed by atoms with Gasteiger partial charge in [0, 0.05) is 38.4 Å². The zero-order valence-corrected chi connectivity index (χ0v) is 12.3. The van der Waals surface area contributed by atoms with Gasteiger partial charge in [-0.25, -0.2) is 0 Å². The van der Waals surface area contributed by atoms with Gasteiger partial charge in [-0.05, 0) is 36.2 Å². The molecule has 1 aliphatic heterocycles. The minimum absolute atomic E-state index is 0.334. The van der Waals surface area contributed by atoms with Gasteiger partial charge in [0.1, 0.15) is 5.75 Å². The first kappa shape index (κ1) is 14.0. The van der Waals surface area contributed by atoms with Crippen molar-refractivity contribution in [3.8, 4) is 5.75 Å². The van der Waals surface area contributed by atoms with Crippen LogP contribution in [0.4, 0.5) is 5.69 Å². The molecule has 3 rings (SSSR count). The zero-order chi connectivity index (χ0) is 14.5. The highest BCUT2D eigenvalue weighted by Gasteiger charge is 2.16. The van der Waals surface area contributed by atoms with Crippen LogP contribution in [0.15, 0.2) is 54.6 Å². The van der Waals surface area contributed by atoms with E-state index in [9.17, 15) is 5.11 Å². The Morgan fingerprint density at radius 1 is 0.810 bits per heavy atom. The second-order valence-corrected chi connectivity index (χ2v) is 5.58. The molecule has 0 aromatic heterocycles. The summed E-state index contributed by atoms with van der Waals surface area (Å²) in [6.07, 6.45) is 1.13. The Balaban J connectivity index is 1.48. The largest absolute Gasteiger partial charge is 0.508 e. The number of hydrogen-bond acceptors (Lipinski definition) is 3. The van der Waals surface area contributed by atoms with E-state index in [0.717, 1.165) is 39.1 Å². The van der Waals surface area contributed by atoms with Crippen molar-refractivity contribution in [2.75, 3.05) is 37.6 Å². The van der Waals surface area contributed by atoms with E-state index in [4.69, 9.17) is 0 Å². The van der Waals surface area contributed by atoms with Crippen LogP contribution in [0.25, 0.3) is 0 Å². The summed E-state index contributed by atoms with van der Waals surface area (Å²) in [5, 5.41) is 9.35. The van der Waals surface area contributed by atoms with Gasteiger partial charge in [-0.1, -0.05) is 30.3 Å². The summed E-state index contributed by atoms with van der Waals surface area (Å²) in [4.78, 5) is 4.92. The van der Waals surface area contributed by atoms with Gasteiger partial charge in [0.2, 0.25) is 0 Å². The number of rotatable bonds is 4. The molecule has 3 nitrogen and oxygen atoms in total. The summed E-state index contributed by atoms with van der Waals surface area (Å²) in [5.74, 6) is 0.334. The molecule has 21 heavy (non-hydrogen) atoms. The number of anilines is 1. The predicted octanol–water partition coefficient (Wildman–Crippen LogP) is 2.76. The van der Waals surface area contributed by atoms with Crippen molar-refractivity contribution in [1.29, 1.82) is 0 Å². The van der Waals surface area contributed by atoms with Crippen LogP contribution in [0.2, 0.25) is 0 Å². The fourth-order valence-corrected chi connectivity index (χ4v) is 2.83. The number of benzene rings is 2. The molecule has 0 radical (unpaired) electrons. The third kappa shape index (κ3) is 3.76. The highest BCUT2D eigenvalue weighted by atomic mass is 16.3. The highest BCUT2D eigenvalue weighted by molar-refractivity contribution is 5.49. The molecule has 0 bridgehead atoms. The molecule has 0 atom stereocenters. The molecule has 3 heteroatoms. The summed E-state index contributed by atoms with van der Waals surface area (Å²) in [5.41, 5.74) is 2.62. The Morgan fingerprint density at radius 3 is 2.14 bits per heavy atom. The molecule has 0 spiro atoms. The number of phenols is 1.